The molecule has 1 nitrogen and oxygen atoms in total. The highest BCUT2D eigenvalue weighted by atomic mass is 28.4. The smallest absolute Gasteiger partial charge is 0.300 e. The van der Waals surface area contributed by atoms with Crippen molar-refractivity contribution in [2.75, 3.05) is 0 Å². The maximum atomic E-state index is 13.1. The fourth-order valence-corrected chi connectivity index (χ4v) is 4.83. The first-order valence-electron chi connectivity index (χ1n) is 5.54. The third-order valence-electron chi connectivity index (χ3n) is 3.02. The predicted molar refractivity (Wildman–Crippen MR) is 70.9 cm³/mol. The van der Waals surface area contributed by atoms with Crippen LogP contribution in [-0.4, -0.2) is 16.4 Å². The van der Waals surface area contributed by atoms with Gasteiger partial charge in [0.15, 0.2) is 0 Å². The Morgan fingerprint density at radius 2 is 1.31 bits per heavy atom. The van der Waals surface area contributed by atoms with Crippen molar-refractivity contribution in [1.29, 1.82) is 0 Å². The van der Waals surface area contributed by atoms with Gasteiger partial charge in [0.1, 0.15) is 13.5 Å². The number of rotatable bonds is 3. The van der Waals surface area contributed by atoms with E-state index in [0.717, 1.165) is 0 Å². The molecule has 0 saturated heterocycles. The molecule has 0 aliphatic heterocycles. The van der Waals surface area contributed by atoms with Crippen molar-refractivity contribution in [1.82, 2.24) is 0 Å². The zero-order valence-electron chi connectivity index (χ0n) is 11.7. The first kappa shape index (κ1) is 15.8. The summed E-state index contributed by atoms with van der Waals surface area (Å²) in [5.74, 6) is 0. The van der Waals surface area contributed by atoms with Gasteiger partial charge in [-0.15, -0.1) is 0 Å². The first-order chi connectivity index (χ1) is 6.79. The fourth-order valence-electron chi connectivity index (χ4n) is 1.05. The molecule has 0 N–H and O–H groups in total. The van der Waals surface area contributed by atoms with Crippen molar-refractivity contribution >= 4 is 16.4 Å². The maximum Gasteiger partial charge on any atom is 0.300 e. The van der Waals surface area contributed by atoms with Gasteiger partial charge in [-0.25, -0.2) is 0 Å². The topological polar surface area (TPSA) is 9.23 Å². The molecule has 0 saturated carbocycles. The highest BCUT2D eigenvalue weighted by molar-refractivity contribution is 6.87. The molecule has 0 rings (SSSR count). The van der Waals surface area contributed by atoms with E-state index in [-0.39, 0.29) is 10.4 Å². The van der Waals surface area contributed by atoms with Crippen LogP contribution in [0.2, 0.25) is 37.8 Å². The van der Waals surface area contributed by atoms with Crippen molar-refractivity contribution < 1.29 is 13.2 Å². The molecule has 0 fully saturated rings. The van der Waals surface area contributed by atoms with E-state index in [4.69, 9.17) is 4.43 Å². The Bertz CT molecular complexity index is 281. The summed E-state index contributed by atoms with van der Waals surface area (Å²) in [7, 11) is -4.24. The van der Waals surface area contributed by atoms with Crippen LogP contribution < -0.4 is 0 Å². The van der Waals surface area contributed by atoms with Gasteiger partial charge in [-0.2, -0.15) is 8.78 Å². The highest BCUT2D eigenvalue weighted by Crippen LogP contribution is 2.43. The molecule has 0 unspecified atom stereocenters. The van der Waals surface area contributed by atoms with E-state index in [9.17, 15) is 8.78 Å². The molecule has 0 aromatic rings. The summed E-state index contributed by atoms with van der Waals surface area (Å²) >= 11 is 0. The first-order valence-corrected chi connectivity index (χ1v) is 11.9. The summed E-state index contributed by atoms with van der Waals surface area (Å²) < 4.78 is 31.8. The molecule has 0 bridgehead atoms. The lowest BCUT2D eigenvalue weighted by atomic mass is 10.2. The predicted octanol–water partition coefficient (Wildman–Crippen LogP) is 4.99. The molecule has 16 heavy (non-hydrogen) atoms. The SMILES string of the molecule is CC(C)(C)[Si](C)(C)C(O[Si](C)(C)C)=C(F)F. The summed E-state index contributed by atoms with van der Waals surface area (Å²) in [6.45, 7) is 15.7. The summed E-state index contributed by atoms with van der Waals surface area (Å²) in [6.07, 6.45) is -1.63. The Morgan fingerprint density at radius 3 is 1.50 bits per heavy atom. The molecule has 0 amide bonds. The quantitative estimate of drug-likeness (QED) is 0.516. The molecule has 0 spiro atoms. The van der Waals surface area contributed by atoms with Crippen LogP contribution in [0.15, 0.2) is 11.5 Å². The monoisotopic (exact) mass is 266 g/mol. The molecule has 0 aromatic carbocycles. The molecular weight excluding hydrogens is 242 g/mol. The van der Waals surface area contributed by atoms with Crippen LogP contribution in [0.25, 0.3) is 0 Å². The normalized spacial score (nSPS) is 13.6. The number of hydrogen-bond acceptors (Lipinski definition) is 1. The molecule has 96 valence electrons. The van der Waals surface area contributed by atoms with Gasteiger partial charge in [-0.05, 0) is 24.7 Å². The summed E-state index contributed by atoms with van der Waals surface area (Å²) in [5, 5.41) is -0.134. The van der Waals surface area contributed by atoms with Crippen molar-refractivity contribution in [3.63, 3.8) is 0 Å². The van der Waals surface area contributed by atoms with E-state index in [0.29, 0.717) is 0 Å². The minimum absolute atomic E-state index is 0.000772. The molecule has 0 radical (unpaired) electrons. The van der Waals surface area contributed by atoms with Gasteiger partial charge >= 0.3 is 6.08 Å². The van der Waals surface area contributed by atoms with Crippen LogP contribution in [0.4, 0.5) is 8.78 Å². The lowest BCUT2D eigenvalue weighted by molar-refractivity contribution is 0.342. The van der Waals surface area contributed by atoms with Gasteiger partial charge in [0.05, 0.1) is 0 Å². The van der Waals surface area contributed by atoms with E-state index in [1.807, 2.05) is 53.5 Å². The second-order valence-corrected chi connectivity index (χ2v) is 16.3. The minimum Gasteiger partial charge on any atom is -0.547 e. The van der Waals surface area contributed by atoms with Crippen molar-refractivity contribution in [2.24, 2.45) is 0 Å². The van der Waals surface area contributed by atoms with Crippen LogP contribution in [0.3, 0.4) is 0 Å². The summed E-state index contributed by atoms with van der Waals surface area (Å²) in [6, 6.07) is 0. The standard InChI is InChI=1S/C11H24F2OSi2/c1-11(2,3)16(7,8)10(9(12)13)14-15(4,5)6/h1-8H3. The van der Waals surface area contributed by atoms with Gasteiger partial charge in [0.25, 0.3) is 0 Å². The second-order valence-electron chi connectivity index (χ2n) is 6.68. The largest absolute Gasteiger partial charge is 0.547 e. The average molecular weight is 266 g/mol. The van der Waals surface area contributed by atoms with Gasteiger partial charge in [-0.1, -0.05) is 33.9 Å². The van der Waals surface area contributed by atoms with E-state index in [1.54, 1.807) is 0 Å². The van der Waals surface area contributed by atoms with E-state index >= 15 is 0 Å². The zero-order chi connectivity index (χ0) is 13.4. The van der Waals surface area contributed by atoms with Crippen LogP contribution >= 0.6 is 0 Å². The van der Waals surface area contributed by atoms with Gasteiger partial charge in [0, 0.05) is 0 Å². The van der Waals surface area contributed by atoms with Crippen molar-refractivity contribution in [3.8, 4) is 0 Å². The van der Waals surface area contributed by atoms with Crippen molar-refractivity contribution in [3.05, 3.63) is 11.5 Å². The van der Waals surface area contributed by atoms with Gasteiger partial charge < -0.3 is 4.43 Å². The Morgan fingerprint density at radius 1 is 0.938 bits per heavy atom. The lowest BCUT2D eigenvalue weighted by Gasteiger charge is -2.39. The number of halogens is 2. The molecule has 0 aromatic heterocycles. The lowest BCUT2D eigenvalue weighted by Crippen LogP contribution is -2.44. The average Bonchev–Trinajstić information content (AvgIpc) is 1.95. The van der Waals surface area contributed by atoms with E-state index in [1.165, 1.54) is 0 Å². The molecule has 0 atom stereocenters. The Kier molecular flexibility index (Phi) is 4.56. The Hall–Kier alpha value is -0.166. The Labute approximate surface area is 100 Å². The maximum absolute atomic E-state index is 13.1. The zero-order valence-corrected chi connectivity index (χ0v) is 13.7. The molecule has 0 aliphatic rings. The minimum atomic E-state index is -2.27. The van der Waals surface area contributed by atoms with Crippen LogP contribution in [0.1, 0.15) is 20.8 Å². The van der Waals surface area contributed by atoms with Crippen molar-refractivity contribution in [2.45, 2.75) is 58.5 Å². The number of hydrogen-bond donors (Lipinski definition) is 0. The third kappa shape index (κ3) is 4.01. The van der Waals surface area contributed by atoms with Gasteiger partial charge in [0.2, 0.25) is 8.32 Å². The van der Waals surface area contributed by atoms with Gasteiger partial charge in [-0.3, -0.25) is 0 Å². The van der Waals surface area contributed by atoms with Crippen LogP contribution in [-0.2, 0) is 4.43 Å². The second kappa shape index (κ2) is 4.60. The van der Waals surface area contributed by atoms with E-state index in [2.05, 4.69) is 0 Å². The molecule has 0 heterocycles. The molecule has 0 aliphatic carbocycles. The molecule has 5 heteroatoms. The van der Waals surface area contributed by atoms with E-state index < -0.39 is 22.5 Å². The third-order valence-corrected chi connectivity index (χ3v) is 9.22. The fraction of sp³-hybridized carbons (Fsp3) is 0.818. The van der Waals surface area contributed by atoms with Crippen LogP contribution in [0, 0.1) is 0 Å². The Balaban J connectivity index is 5.36. The summed E-state index contributed by atoms with van der Waals surface area (Å²) in [4.78, 5) is 0. The summed E-state index contributed by atoms with van der Waals surface area (Å²) in [5.41, 5.74) is 0. The molecular formula is C11H24F2OSi2. The highest BCUT2D eigenvalue weighted by Gasteiger charge is 2.44. The van der Waals surface area contributed by atoms with Crippen LogP contribution in [0.5, 0.6) is 0 Å².